The van der Waals surface area contributed by atoms with E-state index in [0.717, 1.165) is 70.9 Å². The highest BCUT2D eigenvalue weighted by atomic mass is 16.7. The standard InChI is InChI=1S/C30H31N3O3/c1-18-8-11-25(36-18)26-22-9-10-23-19(2)30(34-16-17-35-30)14-13-29(23,3)27(22)33-28(32-26)21-12-15-31-24-7-5-4-6-20(21)24/h4-8,11-12,15,19,23H,9-10,13-14,16-17H2,1-3H3/t19-,23-,29-/m1/s1. The van der Waals surface area contributed by atoms with E-state index in [1.165, 1.54) is 5.56 Å². The predicted octanol–water partition coefficient (Wildman–Crippen LogP) is 6.25. The number of hydrogen-bond acceptors (Lipinski definition) is 6. The van der Waals surface area contributed by atoms with Crippen LogP contribution in [0.1, 0.15) is 50.1 Å². The van der Waals surface area contributed by atoms with E-state index < -0.39 is 5.79 Å². The van der Waals surface area contributed by atoms with Gasteiger partial charge < -0.3 is 13.9 Å². The highest BCUT2D eigenvalue weighted by Crippen LogP contribution is 2.57. The second-order valence-electron chi connectivity index (χ2n) is 10.9. The van der Waals surface area contributed by atoms with Crippen LogP contribution in [0.4, 0.5) is 0 Å². The van der Waals surface area contributed by atoms with Gasteiger partial charge in [-0.3, -0.25) is 4.98 Å². The van der Waals surface area contributed by atoms with Gasteiger partial charge in [0, 0.05) is 40.5 Å². The number of para-hydroxylation sites is 1. The van der Waals surface area contributed by atoms with Crippen molar-refractivity contribution in [3.8, 4) is 22.8 Å². The summed E-state index contributed by atoms with van der Waals surface area (Å²) in [6.45, 7) is 8.07. The quantitative estimate of drug-likeness (QED) is 0.337. The highest BCUT2D eigenvalue weighted by molar-refractivity contribution is 5.92. The molecule has 0 radical (unpaired) electrons. The third-order valence-electron chi connectivity index (χ3n) is 9.00. The van der Waals surface area contributed by atoms with E-state index in [1.807, 2.05) is 49.5 Å². The Morgan fingerprint density at radius 2 is 1.81 bits per heavy atom. The fourth-order valence-electron chi connectivity index (χ4n) is 7.12. The van der Waals surface area contributed by atoms with Gasteiger partial charge in [-0.05, 0) is 56.4 Å². The molecular weight excluding hydrogens is 450 g/mol. The number of ether oxygens (including phenoxy) is 2. The molecule has 1 saturated heterocycles. The molecule has 1 saturated carbocycles. The van der Waals surface area contributed by atoms with Gasteiger partial charge in [0.2, 0.25) is 0 Å². The third kappa shape index (κ3) is 3.14. The number of aryl methyl sites for hydroxylation is 1. The molecule has 2 aliphatic carbocycles. The fraction of sp³-hybridized carbons (Fsp3) is 0.433. The van der Waals surface area contributed by atoms with Crippen molar-refractivity contribution in [1.29, 1.82) is 0 Å². The fourth-order valence-corrected chi connectivity index (χ4v) is 7.12. The van der Waals surface area contributed by atoms with E-state index >= 15 is 0 Å². The van der Waals surface area contributed by atoms with Gasteiger partial charge in [-0.1, -0.05) is 32.0 Å². The van der Waals surface area contributed by atoms with Crippen molar-refractivity contribution in [1.82, 2.24) is 15.0 Å². The SMILES string of the molecule is Cc1ccc(-c2nc(-c3ccnc4ccccc34)nc3c2CC[C@@H]2[C@@H](C)C4(CC[C@@]32C)OCCO4)o1. The number of rotatable bonds is 2. The zero-order chi connectivity index (χ0) is 24.5. The van der Waals surface area contributed by atoms with Crippen molar-refractivity contribution in [2.75, 3.05) is 13.2 Å². The molecule has 4 heterocycles. The lowest BCUT2D eigenvalue weighted by Gasteiger charge is -2.54. The molecule has 3 aromatic heterocycles. The molecule has 1 spiro atoms. The number of benzene rings is 1. The molecule has 3 aliphatic rings. The van der Waals surface area contributed by atoms with Gasteiger partial charge in [-0.2, -0.15) is 0 Å². The molecule has 3 atom stereocenters. The first kappa shape index (κ1) is 22.1. The summed E-state index contributed by atoms with van der Waals surface area (Å²) >= 11 is 0. The molecule has 2 fully saturated rings. The van der Waals surface area contributed by atoms with Crippen molar-refractivity contribution < 1.29 is 13.9 Å². The smallest absolute Gasteiger partial charge is 0.171 e. The minimum Gasteiger partial charge on any atom is -0.460 e. The van der Waals surface area contributed by atoms with Crippen molar-refractivity contribution in [3.63, 3.8) is 0 Å². The van der Waals surface area contributed by atoms with Crippen LogP contribution in [-0.2, 0) is 21.3 Å². The zero-order valence-electron chi connectivity index (χ0n) is 21.1. The molecule has 1 aromatic carbocycles. The predicted molar refractivity (Wildman–Crippen MR) is 137 cm³/mol. The Hall–Kier alpha value is -3.09. The van der Waals surface area contributed by atoms with E-state index in [1.54, 1.807) is 0 Å². The molecule has 6 nitrogen and oxygen atoms in total. The number of aromatic nitrogens is 3. The molecule has 184 valence electrons. The summed E-state index contributed by atoms with van der Waals surface area (Å²) in [4.78, 5) is 15.1. The maximum Gasteiger partial charge on any atom is 0.171 e. The van der Waals surface area contributed by atoms with Gasteiger partial charge in [0.1, 0.15) is 11.5 Å². The Morgan fingerprint density at radius 3 is 2.61 bits per heavy atom. The summed E-state index contributed by atoms with van der Waals surface area (Å²) in [6, 6.07) is 14.3. The van der Waals surface area contributed by atoms with Crippen LogP contribution in [0.5, 0.6) is 0 Å². The third-order valence-corrected chi connectivity index (χ3v) is 9.00. The lowest BCUT2D eigenvalue weighted by Crippen LogP contribution is -2.55. The van der Waals surface area contributed by atoms with Gasteiger partial charge in [0.25, 0.3) is 0 Å². The van der Waals surface area contributed by atoms with E-state index in [0.29, 0.717) is 25.0 Å². The van der Waals surface area contributed by atoms with Gasteiger partial charge in [-0.15, -0.1) is 0 Å². The molecule has 6 heteroatoms. The average Bonchev–Trinajstić information content (AvgIpc) is 3.56. The summed E-state index contributed by atoms with van der Waals surface area (Å²) in [5.41, 5.74) is 5.16. The van der Waals surface area contributed by atoms with Crippen LogP contribution in [-0.4, -0.2) is 34.0 Å². The summed E-state index contributed by atoms with van der Waals surface area (Å²) in [5, 5.41) is 1.06. The average molecular weight is 482 g/mol. The molecule has 36 heavy (non-hydrogen) atoms. The molecule has 4 aromatic rings. The Bertz CT molecular complexity index is 1470. The number of furan rings is 1. The second kappa shape index (κ2) is 7.95. The van der Waals surface area contributed by atoms with Crippen molar-refractivity contribution in [2.45, 2.75) is 57.7 Å². The Morgan fingerprint density at radius 1 is 0.972 bits per heavy atom. The Labute approximate surface area is 211 Å². The molecule has 1 aliphatic heterocycles. The van der Waals surface area contributed by atoms with Crippen molar-refractivity contribution in [3.05, 3.63) is 65.7 Å². The van der Waals surface area contributed by atoms with Gasteiger partial charge >= 0.3 is 0 Å². The van der Waals surface area contributed by atoms with E-state index in [4.69, 9.17) is 23.9 Å². The lowest BCUT2D eigenvalue weighted by atomic mass is 9.54. The largest absolute Gasteiger partial charge is 0.460 e. The lowest BCUT2D eigenvalue weighted by molar-refractivity contribution is -0.234. The molecular formula is C30H31N3O3. The second-order valence-corrected chi connectivity index (χ2v) is 10.9. The number of pyridine rings is 1. The van der Waals surface area contributed by atoms with Crippen LogP contribution in [0.15, 0.2) is 53.1 Å². The van der Waals surface area contributed by atoms with Crippen LogP contribution in [0.3, 0.4) is 0 Å². The van der Waals surface area contributed by atoms with Crippen LogP contribution >= 0.6 is 0 Å². The number of fused-ring (bicyclic) bond motifs is 4. The number of hydrogen-bond donors (Lipinski definition) is 0. The molecule has 0 N–H and O–H groups in total. The van der Waals surface area contributed by atoms with Crippen LogP contribution in [0.25, 0.3) is 33.7 Å². The minimum absolute atomic E-state index is 0.0928. The van der Waals surface area contributed by atoms with Gasteiger partial charge in [0.15, 0.2) is 17.4 Å². The first-order valence-electron chi connectivity index (χ1n) is 13.1. The first-order chi connectivity index (χ1) is 17.5. The highest BCUT2D eigenvalue weighted by Gasteiger charge is 2.58. The maximum atomic E-state index is 6.24. The van der Waals surface area contributed by atoms with Crippen LogP contribution < -0.4 is 0 Å². The summed E-state index contributed by atoms with van der Waals surface area (Å²) < 4.78 is 18.6. The van der Waals surface area contributed by atoms with E-state index in [9.17, 15) is 0 Å². The molecule has 7 rings (SSSR count). The van der Waals surface area contributed by atoms with E-state index in [-0.39, 0.29) is 5.41 Å². The zero-order valence-corrected chi connectivity index (χ0v) is 21.1. The summed E-state index contributed by atoms with van der Waals surface area (Å²) in [6.07, 6.45) is 5.69. The Kier molecular flexibility index (Phi) is 4.89. The molecule has 0 bridgehead atoms. The van der Waals surface area contributed by atoms with E-state index in [2.05, 4.69) is 24.9 Å². The number of nitrogens with zero attached hydrogens (tertiary/aromatic N) is 3. The van der Waals surface area contributed by atoms with Crippen LogP contribution in [0, 0.1) is 18.8 Å². The van der Waals surface area contributed by atoms with Crippen molar-refractivity contribution >= 4 is 10.9 Å². The monoisotopic (exact) mass is 481 g/mol. The van der Waals surface area contributed by atoms with Gasteiger partial charge in [0.05, 0.1) is 24.4 Å². The summed E-state index contributed by atoms with van der Waals surface area (Å²) in [5.74, 6) is 2.70. The minimum atomic E-state index is -0.445. The van der Waals surface area contributed by atoms with Crippen LogP contribution in [0.2, 0.25) is 0 Å². The Balaban J connectivity index is 1.44. The molecule has 0 amide bonds. The summed E-state index contributed by atoms with van der Waals surface area (Å²) in [7, 11) is 0. The van der Waals surface area contributed by atoms with Crippen molar-refractivity contribution in [2.24, 2.45) is 11.8 Å². The maximum absolute atomic E-state index is 6.24. The topological polar surface area (TPSA) is 70.3 Å². The molecule has 0 unspecified atom stereocenters. The normalized spacial score (nSPS) is 26.8. The van der Waals surface area contributed by atoms with Gasteiger partial charge in [-0.25, -0.2) is 9.97 Å². The first-order valence-corrected chi connectivity index (χ1v) is 13.1.